The molecule has 0 aliphatic carbocycles. The molecule has 0 bridgehead atoms. The minimum atomic E-state index is -0.277. The summed E-state index contributed by atoms with van der Waals surface area (Å²) in [5, 5.41) is 7.58. The van der Waals surface area contributed by atoms with Crippen molar-refractivity contribution in [1.29, 1.82) is 0 Å². The van der Waals surface area contributed by atoms with Gasteiger partial charge in [-0.3, -0.25) is 14.8 Å². The number of aryl methyl sites for hydroxylation is 4. The number of nitrogens with zero attached hydrogens (tertiary/aromatic N) is 3. The van der Waals surface area contributed by atoms with Crippen LogP contribution >= 0.6 is 11.3 Å². The zero-order valence-corrected chi connectivity index (χ0v) is 12.3. The summed E-state index contributed by atoms with van der Waals surface area (Å²) in [5.74, 6) is -0.277. The second kappa shape index (κ2) is 5.00. The van der Waals surface area contributed by atoms with Gasteiger partial charge in [0.05, 0.1) is 17.1 Å². The molecule has 0 atom stereocenters. The van der Waals surface area contributed by atoms with E-state index in [1.54, 1.807) is 7.05 Å². The molecule has 2 rings (SSSR count). The van der Waals surface area contributed by atoms with Gasteiger partial charge in [0.25, 0.3) is 5.91 Å². The number of carbonyl (C=O) groups excluding carboxylic acids is 1. The Labute approximate surface area is 115 Å². The molecule has 0 saturated heterocycles. The third-order valence-electron chi connectivity index (χ3n) is 2.96. The maximum absolute atomic E-state index is 12.2. The van der Waals surface area contributed by atoms with Crippen molar-refractivity contribution < 1.29 is 4.79 Å². The van der Waals surface area contributed by atoms with Crippen molar-refractivity contribution in [3.05, 3.63) is 22.0 Å². The van der Waals surface area contributed by atoms with Crippen LogP contribution in [-0.2, 0) is 13.5 Å². The molecule has 6 nitrogen and oxygen atoms in total. The quantitative estimate of drug-likeness (QED) is 0.898. The van der Waals surface area contributed by atoms with E-state index in [4.69, 9.17) is 5.73 Å². The molecule has 0 aromatic carbocycles. The van der Waals surface area contributed by atoms with Crippen molar-refractivity contribution >= 4 is 28.1 Å². The fourth-order valence-corrected chi connectivity index (χ4v) is 2.62. The molecule has 1 amide bonds. The van der Waals surface area contributed by atoms with E-state index < -0.39 is 0 Å². The highest BCUT2D eigenvalue weighted by atomic mass is 32.1. The van der Waals surface area contributed by atoms with Crippen LogP contribution in [0.4, 0.5) is 10.8 Å². The standard InChI is InChI=1S/C12H17N5OS/c1-5-8-9(13)10(17(4)16-8)11(18)15-12-14-6(2)7(3)19-12/h5,13H2,1-4H3,(H,14,15,18). The molecule has 2 aromatic heterocycles. The minimum absolute atomic E-state index is 0.277. The second-order valence-electron chi connectivity index (χ2n) is 4.30. The number of hydrogen-bond acceptors (Lipinski definition) is 5. The highest BCUT2D eigenvalue weighted by Gasteiger charge is 2.20. The van der Waals surface area contributed by atoms with Gasteiger partial charge < -0.3 is 5.73 Å². The number of thiazole rings is 1. The molecule has 0 fully saturated rings. The summed E-state index contributed by atoms with van der Waals surface area (Å²) >= 11 is 1.45. The predicted molar refractivity (Wildman–Crippen MR) is 76.5 cm³/mol. The lowest BCUT2D eigenvalue weighted by Crippen LogP contribution is -2.17. The van der Waals surface area contributed by atoms with Gasteiger partial charge in [-0.05, 0) is 20.3 Å². The molecule has 0 unspecified atom stereocenters. The van der Waals surface area contributed by atoms with E-state index in [-0.39, 0.29) is 5.91 Å². The van der Waals surface area contributed by atoms with E-state index in [1.165, 1.54) is 16.0 Å². The SMILES string of the molecule is CCc1nn(C)c(C(=O)Nc2nc(C)c(C)s2)c1N. The van der Waals surface area contributed by atoms with Crippen LogP contribution in [0, 0.1) is 13.8 Å². The highest BCUT2D eigenvalue weighted by molar-refractivity contribution is 7.15. The van der Waals surface area contributed by atoms with E-state index in [9.17, 15) is 4.79 Å². The molecule has 7 heteroatoms. The van der Waals surface area contributed by atoms with E-state index in [1.807, 2.05) is 20.8 Å². The van der Waals surface area contributed by atoms with Gasteiger partial charge in [0, 0.05) is 11.9 Å². The smallest absolute Gasteiger partial charge is 0.277 e. The monoisotopic (exact) mass is 279 g/mol. The third-order valence-corrected chi connectivity index (χ3v) is 3.95. The van der Waals surface area contributed by atoms with Crippen molar-refractivity contribution in [1.82, 2.24) is 14.8 Å². The Morgan fingerprint density at radius 2 is 2.16 bits per heavy atom. The van der Waals surface area contributed by atoms with Gasteiger partial charge >= 0.3 is 0 Å². The topological polar surface area (TPSA) is 85.8 Å². The van der Waals surface area contributed by atoms with Crippen LogP contribution in [0.5, 0.6) is 0 Å². The van der Waals surface area contributed by atoms with E-state index in [0.29, 0.717) is 22.9 Å². The van der Waals surface area contributed by atoms with Crippen molar-refractivity contribution in [2.45, 2.75) is 27.2 Å². The minimum Gasteiger partial charge on any atom is -0.395 e. The van der Waals surface area contributed by atoms with Crippen LogP contribution in [0.1, 0.15) is 33.7 Å². The van der Waals surface area contributed by atoms with Gasteiger partial charge in [0.1, 0.15) is 5.69 Å². The Morgan fingerprint density at radius 1 is 1.47 bits per heavy atom. The molecule has 0 spiro atoms. The zero-order chi connectivity index (χ0) is 14.2. The molecule has 19 heavy (non-hydrogen) atoms. The molecule has 0 saturated carbocycles. The lowest BCUT2D eigenvalue weighted by atomic mass is 10.2. The summed E-state index contributed by atoms with van der Waals surface area (Å²) in [4.78, 5) is 17.6. The van der Waals surface area contributed by atoms with Crippen LogP contribution in [0.15, 0.2) is 0 Å². The second-order valence-corrected chi connectivity index (χ2v) is 5.50. The van der Waals surface area contributed by atoms with Crippen molar-refractivity contribution in [3.8, 4) is 0 Å². The molecule has 2 heterocycles. The first kappa shape index (κ1) is 13.5. The molecule has 0 radical (unpaired) electrons. The largest absolute Gasteiger partial charge is 0.395 e. The van der Waals surface area contributed by atoms with Gasteiger partial charge in [-0.1, -0.05) is 6.92 Å². The first-order valence-electron chi connectivity index (χ1n) is 6.00. The Kier molecular flexibility index (Phi) is 3.57. The van der Waals surface area contributed by atoms with E-state index >= 15 is 0 Å². The Bertz CT molecular complexity index is 609. The van der Waals surface area contributed by atoms with Crippen LogP contribution in [0.3, 0.4) is 0 Å². The predicted octanol–water partition coefficient (Wildman–Crippen LogP) is 1.89. The fourth-order valence-electron chi connectivity index (χ4n) is 1.81. The lowest BCUT2D eigenvalue weighted by molar-refractivity contribution is 0.101. The van der Waals surface area contributed by atoms with Crippen LogP contribution < -0.4 is 11.1 Å². The van der Waals surface area contributed by atoms with Gasteiger partial charge in [-0.15, -0.1) is 11.3 Å². The highest BCUT2D eigenvalue weighted by Crippen LogP contribution is 2.23. The van der Waals surface area contributed by atoms with Crippen LogP contribution in [0.25, 0.3) is 0 Å². The number of hydrogen-bond donors (Lipinski definition) is 2. The zero-order valence-electron chi connectivity index (χ0n) is 11.4. The number of nitrogens with two attached hydrogens (primary N) is 1. The number of nitrogens with one attached hydrogen (secondary N) is 1. The molecule has 3 N–H and O–H groups in total. The molecule has 0 aliphatic rings. The number of amides is 1. The molecule has 0 aliphatic heterocycles. The van der Waals surface area contributed by atoms with Gasteiger partial charge in [0.2, 0.25) is 0 Å². The fraction of sp³-hybridized carbons (Fsp3) is 0.417. The Balaban J connectivity index is 2.27. The molecule has 2 aromatic rings. The number of nitrogen functional groups attached to an aromatic ring is 1. The molecular formula is C12H17N5OS. The maximum atomic E-state index is 12.2. The van der Waals surface area contributed by atoms with Crippen molar-refractivity contribution in [2.24, 2.45) is 7.05 Å². The number of rotatable bonds is 3. The Hall–Kier alpha value is -1.89. The average Bonchev–Trinajstić information content (AvgIpc) is 2.79. The van der Waals surface area contributed by atoms with Gasteiger partial charge in [0.15, 0.2) is 5.13 Å². The summed E-state index contributed by atoms with van der Waals surface area (Å²) in [7, 11) is 1.71. The van der Waals surface area contributed by atoms with Crippen molar-refractivity contribution in [3.63, 3.8) is 0 Å². The van der Waals surface area contributed by atoms with Gasteiger partial charge in [-0.2, -0.15) is 5.10 Å². The van der Waals surface area contributed by atoms with Gasteiger partial charge in [-0.25, -0.2) is 4.98 Å². The summed E-state index contributed by atoms with van der Waals surface area (Å²) in [6.07, 6.45) is 0.697. The number of aromatic nitrogens is 3. The first-order valence-corrected chi connectivity index (χ1v) is 6.82. The Morgan fingerprint density at radius 3 is 2.63 bits per heavy atom. The first-order chi connectivity index (χ1) is 8.93. The maximum Gasteiger partial charge on any atom is 0.277 e. The lowest BCUT2D eigenvalue weighted by Gasteiger charge is -2.03. The summed E-state index contributed by atoms with van der Waals surface area (Å²) < 4.78 is 1.51. The summed E-state index contributed by atoms with van der Waals surface area (Å²) in [5.41, 5.74) is 8.42. The van der Waals surface area contributed by atoms with Crippen molar-refractivity contribution in [2.75, 3.05) is 11.1 Å². The normalized spacial score (nSPS) is 10.7. The third kappa shape index (κ3) is 2.46. The summed E-state index contributed by atoms with van der Waals surface area (Å²) in [6.45, 7) is 5.83. The molecule has 102 valence electrons. The van der Waals surface area contributed by atoms with E-state index in [0.717, 1.165) is 16.3 Å². The van der Waals surface area contributed by atoms with Crippen LogP contribution in [0.2, 0.25) is 0 Å². The number of carbonyl (C=O) groups is 1. The van der Waals surface area contributed by atoms with E-state index in [2.05, 4.69) is 15.4 Å². The summed E-state index contributed by atoms with van der Waals surface area (Å²) in [6, 6.07) is 0. The number of anilines is 2. The van der Waals surface area contributed by atoms with Crippen LogP contribution in [-0.4, -0.2) is 20.7 Å². The molecular weight excluding hydrogens is 262 g/mol. The average molecular weight is 279 g/mol.